The number of benzene rings is 3. The smallest absolute Gasteiger partial charge is 0.264 e. The van der Waals surface area contributed by atoms with Crippen molar-refractivity contribution in [3.8, 4) is 0 Å². The number of nitrogens with zero attached hydrogens (tertiary/aromatic N) is 2. The van der Waals surface area contributed by atoms with Crippen LogP contribution >= 0.6 is 11.6 Å². The summed E-state index contributed by atoms with van der Waals surface area (Å²) in [5.74, 6) is -0.602. The molecule has 1 N–H and O–H groups in total. The number of anilines is 1. The molecule has 0 aromatic heterocycles. The lowest BCUT2D eigenvalue weighted by Crippen LogP contribution is -2.51. The highest BCUT2D eigenvalue weighted by atomic mass is 35.5. The molecule has 0 heterocycles. The molecule has 0 radical (unpaired) electrons. The van der Waals surface area contributed by atoms with E-state index in [0.29, 0.717) is 6.54 Å². The normalized spacial score (nSPS) is 12.2. The van der Waals surface area contributed by atoms with Crippen LogP contribution in [0.5, 0.6) is 0 Å². The predicted octanol–water partition coefficient (Wildman–Crippen LogP) is 5.34. The molecule has 0 saturated heterocycles. The molecule has 3 rings (SSSR count). The van der Waals surface area contributed by atoms with Crippen molar-refractivity contribution in [3.05, 3.63) is 94.5 Å². The predicted molar refractivity (Wildman–Crippen MR) is 156 cm³/mol. The van der Waals surface area contributed by atoms with Gasteiger partial charge in [-0.1, -0.05) is 79.5 Å². The number of sulfonamides is 1. The van der Waals surface area contributed by atoms with Gasteiger partial charge in [-0.05, 0) is 62.1 Å². The molecule has 0 saturated carbocycles. The van der Waals surface area contributed by atoms with Crippen molar-refractivity contribution >= 4 is 39.1 Å². The maximum atomic E-state index is 14.0. The summed E-state index contributed by atoms with van der Waals surface area (Å²) >= 11 is 6.44. The minimum absolute atomic E-state index is 0.0361. The summed E-state index contributed by atoms with van der Waals surface area (Å²) in [7, 11) is -4.17. The Morgan fingerprint density at radius 3 is 2.13 bits per heavy atom. The van der Waals surface area contributed by atoms with Gasteiger partial charge in [0.05, 0.1) is 15.6 Å². The Labute approximate surface area is 236 Å². The van der Waals surface area contributed by atoms with Crippen molar-refractivity contribution in [3.63, 3.8) is 0 Å². The topological polar surface area (TPSA) is 86.8 Å². The van der Waals surface area contributed by atoms with Gasteiger partial charge in [0.2, 0.25) is 11.8 Å². The zero-order valence-corrected chi connectivity index (χ0v) is 24.6. The summed E-state index contributed by atoms with van der Waals surface area (Å²) in [5.41, 5.74) is 2.90. The second-order valence-corrected chi connectivity index (χ2v) is 12.3. The van der Waals surface area contributed by atoms with Gasteiger partial charge in [-0.25, -0.2) is 8.42 Å². The molecular weight excluding hydrogens is 534 g/mol. The van der Waals surface area contributed by atoms with E-state index in [9.17, 15) is 18.0 Å². The average molecular weight is 570 g/mol. The van der Waals surface area contributed by atoms with E-state index in [-0.39, 0.29) is 34.0 Å². The molecule has 9 heteroatoms. The number of hydrogen-bond donors (Lipinski definition) is 1. The van der Waals surface area contributed by atoms with Crippen molar-refractivity contribution in [1.82, 2.24) is 10.2 Å². The van der Waals surface area contributed by atoms with E-state index in [0.717, 1.165) is 21.0 Å². The van der Waals surface area contributed by atoms with E-state index in [1.807, 2.05) is 52.0 Å². The highest BCUT2D eigenvalue weighted by Crippen LogP contribution is 2.31. The lowest BCUT2D eigenvalue weighted by molar-refractivity contribution is -0.139. The van der Waals surface area contributed by atoms with Crippen LogP contribution in [0.3, 0.4) is 0 Å². The number of rotatable bonds is 11. The number of hydrogen-bond acceptors (Lipinski definition) is 4. The fraction of sp³-hybridized carbons (Fsp3) is 0.333. The highest BCUT2D eigenvalue weighted by Gasteiger charge is 2.33. The van der Waals surface area contributed by atoms with Crippen molar-refractivity contribution in [1.29, 1.82) is 0 Å². The molecule has 0 bridgehead atoms. The van der Waals surface area contributed by atoms with Gasteiger partial charge in [0.25, 0.3) is 10.0 Å². The summed E-state index contributed by atoms with van der Waals surface area (Å²) in [6.07, 6.45) is 0. The van der Waals surface area contributed by atoms with Crippen LogP contribution in [0, 0.1) is 19.8 Å². The molecule has 39 heavy (non-hydrogen) atoms. The fourth-order valence-corrected chi connectivity index (χ4v) is 5.73. The van der Waals surface area contributed by atoms with Crippen LogP contribution in [0.2, 0.25) is 5.02 Å². The number of amides is 2. The minimum Gasteiger partial charge on any atom is -0.354 e. The Balaban J connectivity index is 2.03. The van der Waals surface area contributed by atoms with E-state index >= 15 is 0 Å². The summed E-state index contributed by atoms with van der Waals surface area (Å²) < 4.78 is 28.8. The van der Waals surface area contributed by atoms with Crippen LogP contribution < -0.4 is 9.62 Å². The Morgan fingerprint density at radius 1 is 0.897 bits per heavy atom. The molecule has 1 atom stereocenters. The first-order valence-corrected chi connectivity index (χ1v) is 14.7. The number of aryl methyl sites for hydroxylation is 2. The van der Waals surface area contributed by atoms with Crippen molar-refractivity contribution in [2.24, 2.45) is 5.92 Å². The average Bonchev–Trinajstić information content (AvgIpc) is 2.90. The van der Waals surface area contributed by atoms with Gasteiger partial charge < -0.3 is 10.2 Å². The summed E-state index contributed by atoms with van der Waals surface area (Å²) in [5, 5.41) is 3.08. The van der Waals surface area contributed by atoms with Gasteiger partial charge in [0, 0.05) is 13.1 Å². The Kier molecular flexibility index (Phi) is 10.2. The van der Waals surface area contributed by atoms with Crippen LogP contribution in [-0.2, 0) is 26.2 Å². The molecule has 3 aromatic carbocycles. The highest BCUT2D eigenvalue weighted by molar-refractivity contribution is 7.92. The third-order valence-electron chi connectivity index (χ3n) is 6.46. The van der Waals surface area contributed by atoms with Crippen LogP contribution in [0.15, 0.2) is 77.7 Å². The lowest BCUT2D eigenvalue weighted by Gasteiger charge is -2.32. The lowest BCUT2D eigenvalue weighted by atomic mass is 10.1. The van der Waals surface area contributed by atoms with Crippen LogP contribution in [0.25, 0.3) is 0 Å². The molecular formula is C30H36ClN3O4S. The van der Waals surface area contributed by atoms with E-state index in [4.69, 9.17) is 11.6 Å². The third kappa shape index (κ3) is 7.61. The molecule has 0 aliphatic heterocycles. The minimum atomic E-state index is -4.17. The Morgan fingerprint density at radius 2 is 1.51 bits per heavy atom. The summed E-state index contributed by atoms with van der Waals surface area (Å²) in [4.78, 5) is 28.5. The third-order valence-corrected chi connectivity index (χ3v) is 8.56. The molecule has 0 aliphatic rings. The second kappa shape index (κ2) is 13.1. The van der Waals surface area contributed by atoms with Crippen LogP contribution in [0.1, 0.15) is 37.5 Å². The number of para-hydroxylation sites is 1. The van der Waals surface area contributed by atoms with E-state index in [1.165, 1.54) is 17.0 Å². The maximum Gasteiger partial charge on any atom is 0.264 e. The molecule has 7 nitrogen and oxygen atoms in total. The molecule has 0 unspecified atom stereocenters. The first-order valence-electron chi connectivity index (χ1n) is 12.9. The van der Waals surface area contributed by atoms with Gasteiger partial charge in [-0.15, -0.1) is 0 Å². The molecule has 3 aromatic rings. The molecule has 0 spiro atoms. The zero-order chi connectivity index (χ0) is 28.7. The molecule has 2 amide bonds. The van der Waals surface area contributed by atoms with Gasteiger partial charge in [0.1, 0.15) is 12.6 Å². The summed E-state index contributed by atoms with van der Waals surface area (Å²) in [6, 6.07) is 19.6. The first kappa shape index (κ1) is 30.2. The van der Waals surface area contributed by atoms with Gasteiger partial charge in [-0.3, -0.25) is 13.9 Å². The molecule has 208 valence electrons. The fourth-order valence-electron chi connectivity index (χ4n) is 4.01. The van der Waals surface area contributed by atoms with Crippen LogP contribution in [-0.4, -0.2) is 44.3 Å². The quantitative estimate of drug-likeness (QED) is 0.338. The van der Waals surface area contributed by atoms with Crippen LogP contribution in [0.4, 0.5) is 5.69 Å². The van der Waals surface area contributed by atoms with E-state index in [1.54, 1.807) is 43.3 Å². The number of carbonyl (C=O) groups excluding carboxylic acids is 2. The standard InChI is InChI=1S/C30H36ClN3O4S/c1-21(2)18-32-30(36)24(5)33(19-25-11-7-6-10-23(25)4)29(35)20-34(28-13-9-8-12-27(28)31)39(37,38)26-16-14-22(3)15-17-26/h6-17,21,24H,18-20H2,1-5H3,(H,32,36)/t24-/m0/s1. The van der Waals surface area contributed by atoms with Crippen molar-refractivity contribution in [2.45, 2.75) is 52.1 Å². The van der Waals surface area contributed by atoms with Gasteiger partial charge in [-0.2, -0.15) is 0 Å². The number of halogens is 1. The largest absolute Gasteiger partial charge is 0.354 e. The van der Waals surface area contributed by atoms with E-state index < -0.39 is 28.5 Å². The van der Waals surface area contributed by atoms with E-state index in [2.05, 4.69) is 5.32 Å². The Hall–Kier alpha value is -3.36. The molecule has 0 aliphatic carbocycles. The zero-order valence-electron chi connectivity index (χ0n) is 23.0. The second-order valence-electron chi connectivity index (χ2n) is 10.0. The van der Waals surface area contributed by atoms with Gasteiger partial charge >= 0.3 is 0 Å². The Bertz CT molecular complexity index is 1410. The van der Waals surface area contributed by atoms with Crippen molar-refractivity contribution < 1.29 is 18.0 Å². The number of nitrogens with one attached hydrogen (secondary N) is 1. The maximum absolute atomic E-state index is 14.0. The monoisotopic (exact) mass is 569 g/mol. The van der Waals surface area contributed by atoms with Gasteiger partial charge in [0.15, 0.2) is 0 Å². The van der Waals surface area contributed by atoms with Crippen molar-refractivity contribution in [2.75, 3.05) is 17.4 Å². The SMILES string of the molecule is Cc1ccc(S(=O)(=O)N(CC(=O)N(Cc2ccccc2C)[C@@H](C)C(=O)NCC(C)C)c2ccccc2Cl)cc1. The first-order chi connectivity index (χ1) is 18.4. The molecule has 0 fully saturated rings. The summed E-state index contributed by atoms with van der Waals surface area (Å²) in [6.45, 7) is 9.48. The number of carbonyl (C=O) groups is 2.